The maximum atomic E-state index is 11.4. The molecule has 0 aliphatic heterocycles. The molecular formula is C11H11NO3. The van der Waals surface area contributed by atoms with Crippen molar-refractivity contribution in [3.05, 3.63) is 48.2 Å². The molecule has 0 aliphatic rings. The van der Waals surface area contributed by atoms with Crippen LogP contribution in [0.4, 0.5) is 0 Å². The van der Waals surface area contributed by atoms with Gasteiger partial charge in [-0.2, -0.15) is 0 Å². The molecule has 1 aromatic rings. The van der Waals surface area contributed by atoms with Gasteiger partial charge in [-0.3, -0.25) is 9.59 Å². The number of carbonyl (C=O) groups excluding carboxylic acids is 2. The van der Waals surface area contributed by atoms with E-state index in [0.717, 1.165) is 0 Å². The smallest absolute Gasteiger partial charge is 0.329 e. The summed E-state index contributed by atoms with van der Waals surface area (Å²) in [5, 5.41) is 0. The predicted molar refractivity (Wildman–Crippen MR) is 54.8 cm³/mol. The molecule has 1 N–H and O–H groups in total. The van der Waals surface area contributed by atoms with Gasteiger partial charge in [0.1, 0.15) is 0 Å². The lowest BCUT2D eigenvalue weighted by molar-refractivity contribution is -0.146. The highest BCUT2D eigenvalue weighted by atomic mass is 16.7. The average Bonchev–Trinajstić information content (AvgIpc) is 2.25. The van der Waals surface area contributed by atoms with Crippen molar-refractivity contribution in [2.24, 2.45) is 0 Å². The maximum Gasteiger partial charge on any atom is 0.329 e. The zero-order valence-electron chi connectivity index (χ0n) is 8.27. The van der Waals surface area contributed by atoms with Gasteiger partial charge in [0.25, 0.3) is 0 Å². The van der Waals surface area contributed by atoms with Crippen LogP contribution in [0.25, 0.3) is 0 Å². The summed E-state index contributed by atoms with van der Waals surface area (Å²) in [6.07, 6.45) is 2.56. The van der Waals surface area contributed by atoms with E-state index < -0.39 is 5.97 Å². The van der Waals surface area contributed by atoms with Crippen molar-refractivity contribution < 1.29 is 14.4 Å². The summed E-state index contributed by atoms with van der Waals surface area (Å²) in [7, 11) is 0. The van der Waals surface area contributed by atoms with Crippen LogP contribution >= 0.6 is 0 Å². The first kappa shape index (κ1) is 11.0. The van der Waals surface area contributed by atoms with Crippen LogP contribution in [-0.4, -0.2) is 11.8 Å². The Balaban J connectivity index is 2.46. The number of rotatable bonds is 4. The number of hydroxylamine groups is 1. The molecule has 0 saturated heterocycles. The number of allylic oxidation sites excluding steroid dienone is 1. The summed E-state index contributed by atoms with van der Waals surface area (Å²) in [6.45, 7) is 1.26. The molecule has 0 bridgehead atoms. The minimum absolute atomic E-state index is 0.157. The molecule has 0 unspecified atom stereocenters. The predicted octanol–water partition coefficient (Wildman–Crippen LogP) is 1.45. The number of carbonyl (C=O) groups is 2. The first-order chi connectivity index (χ1) is 7.20. The third-order valence-electron chi connectivity index (χ3n) is 1.56. The van der Waals surface area contributed by atoms with Gasteiger partial charge in [-0.15, -0.1) is 0 Å². The molecule has 78 valence electrons. The van der Waals surface area contributed by atoms with Gasteiger partial charge in [0.2, 0.25) is 0 Å². The molecule has 4 nitrogen and oxygen atoms in total. The number of hydrogen-bond donors (Lipinski definition) is 1. The average molecular weight is 205 g/mol. The van der Waals surface area contributed by atoms with E-state index in [1.54, 1.807) is 24.3 Å². The van der Waals surface area contributed by atoms with E-state index >= 15 is 0 Å². The molecule has 4 heteroatoms. The molecule has 0 spiro atoms. The second-order valence-electron chi connectivity index (χ2n) is 2.78. The molecule has 0 saturated carbocycles. The first-order valence-electron chi connectivity index (χ1n) is 4.39. The lowest BCUT2D eigenvalue weighted by atomic mass is 10.1. The standard InChI is InChI=1S/C11H11NO3/c1-9(13)15-12-8-7-11(14)10-5-3-2-4-6-10/h2-8,12H,1H3. The minimum Gasteiger partial charge on any atom is -0.344 e. The fraction of sp³-hybridized carbons (Fsp3) is 0.0909. The fourth-order valence-electron chi connectivity index (χ4n) is 0.925. The van der Waals surface area contributed by atoms with E-state index in [2.05, 4.69) is 10.3 Å². The minimum atomic E-state index is -0.466. The third kappa shape index (κ3) is 4.08. The van der Waals surface area contributed by atoms with E-state index in [-0.39, 0.29) is 5.78 Å². The van der Waals surface area contributed by atoms with Crippen LogP contribution in [0.1, 0.15) is 17.3 Å². The zero-order chi connectivity index (χ0) is 11.1. The van der Waals surface area contributed by atoms with E-state index in [1.165, 1.54) is 19.2 Å². The summed E-state index contributed by atoms with van der Waals surface area (Å²) < 4.78 is 0. The van der Waals surface area contributed by atoms with Crippen LogP contribution in [0.2, 0.25) is 0 Å². The van der Waals surface area contributed by atoms with Crippen LogP contribution in [-0.2, 0) is 9.63 Å². The summed E-state index contributed by atoms with van der Waals surface area (Å²) in [6, 6.07) is 8.80. The molecule has 0 aliphatic carbocycles. The number of benzene rings is 1. The quantitative estimate of drug-likeness (QED) is 0.459. The fourth-order valence-corrected chi connectivity index (χ4v) is 0.925. The number of hydrogen-bond acceptors (Lipinski definition) is 4. The third-order valence-corrected chi connectivity index (χ3v) is 1.56. The Bertz CT molecular complexity index is 371. The van der Waals surface area contributed by atoms with E-state index in [4.69, 9.17) is 0 Å². The van der Waals surface area contributed by atoms with E-state index in [0.29, 0.717) is 5.56 Å². The van der Waals surface area contributed by atoms with Gasteiger partial charge >= 0.3 is 5.97 Å². The van der Waals surface area contributed by atoms with Crippen molar-refractivity contribution in [3.8, 4) is 0 Å². The van der Waals surface area contributed by atoms with Crippen LogP contribution in [0.15, 0.2) is 42.6 Å². The Morgan fingerprint density at radius 3 is 2.53 bits per heavy atom. The maximum absolute atomic E-state index is 11.4. The van der Waals surface area contributed by atoms with Gasteiger partial charge in [-0.25, -0.2) is 5.48 Å². The molecule has 1 aromatic carbocycles. The molecule has 0 heterocycles. The molecule has 0 atom stereocenters. The highest BCUT2D eigenvalue weighted by Gasteiger charge is 1.98. The van der Waals surface area contributed by atoms with Crippen molar-refractivity contribution in [1.29, 1.82) is 0 Å². The number of nitrogens with one attached hydrogen (secondary N) is 1. The van der Waals surface area contributed by atoms with Crippen LogP contribution in [0.5, 0.6) is 0 Å². The van der Waals surface area contributed by atoms with Crippen molar-refractivity contribution in [3.63, 3.8) is 0 Å². The van der Waals surface area contributed by atoms with Gasteiger partial charge in [-0.1, -0.05) is 30.3 Å². The monoisotopic (exact) mass is 205 g/mol. The Hall–Kier alpha value is -2.10. The summed E-state index contributed by atoms with van der Waals surface area (Å²) in [5.41, 5.74) is 2.82. The largest absolute Gasteiger partial charge is 0.344 e. The van der Waals surface area contributed by atoms with Gasteiger partial charge < -0.3 is 4.84 Å². The van der Waals surface area contributed by atoms with Gasteiger partial charge in [0.05, 0.1) is 0 Å². The Labute approximate surface area is 87.5 Å². The Kier molecular flexibility index (Phi) is 4.09. The van der Waals surface area contributed by atoms with Crippen molar-refractivity contribution in [2.45, 2.75) is 6.92 Å². The molecule has 0 aromatic heterocycles. The molecule has 0 fully saturated rings. The molecule has 0 radical (unpaired) electrons. The van der Waals surface area contributed by atoms with Gasteiger partial charge in [0.15, 0.2) is 5.78 Å². The number of ketones is 1. The van der Waals surface area contributed by atoms with Crippen LogP contribution in [0, 0.1) is 0 Å². The van der Waals surface area contributed by atoms with Crippen LogP contribution < -0.4 is 5.48 Å². The SMILES string of the molecule is CC(=O)ONC=CC(=O)c1ccccc1. The molecule has 15 heavy (non-hydrogen) atoms. The van der Waals surface area contributed by atoms with E-state index in [1.807, 2.05) is 6.07 Å². The Morgan fingerprint density at radius 2 is 1.93 bits per heavy atom. The van der Waals surface area contributed by atoms with Crippen molar-refractivity contribution in [2.75, 3.05) is 0 Å². The summed E-state index contributed by atoms with van der Waals surface area (Å²) in [5.74, 6) is -0.623. The van der Waals surface area contributed by atoms with Gasteiger partial charge in [-0.05, 0) is 0 Å². The van der Waals surface area contributed by atoms with Crippen LogP contribution in [0.3, 0.4) is 0 Å². The highest BCUT2D eigenvalue weighted by Crippen LogP contribution is 1.99. The van der Waals surface area contributed by atoms with Crippen molar-refractivity contribution >= 4 is 11.8 Å². The lowest BCUT2D eigenvalue weighted by Crippen LogP contribution is -2.11. The molecule has 0 amide bonds. The topological polar surface area (TPSA) is 55.4 Å². The van der Waals surface area contributed by atoms with Crippen molar-refractivity contribution in [1.82, 2.24) is 5.48 Å². The van der Waals surface area contributed by atoms with E-state index in [9.17, 15) is 9.59 Å². The normalized spacial score (nSPS) is 9.93. The summed E-state index contributed by atoms with van der Waals surface area (Å²) >= 11 is 0. The molecular weight excluding hydrogens is 194 g/mol. The first-order valence-corrected chi connectivity index (χ1v) is 4.39. The second kappa shape index (κ2) is 5.59. The highest BCUT2D eigenvalue weighted by molar-refractivity contribution is 6.04. The Morgan fingerprint density at radius 1 is 1.27 bits per heavy atom. The summed E-state index contributed by atoms with van der Waals surface area (Å²) in [4.78, 5) is 26.2. The van der Waals surface area contributed by atoms with Gasteiger partial charge in [0, 0.05) is 24.8 Å². The molecule has 1 rings (SSSR count). The second-order valence-corrected chi connectivity index (χ2v) is 2.78. The zero-order valence-corrected chi connectivity index (χ0v) is 8.27. The lowest BCUT2D eigenvalue weighted by Gasteiger charge is -1.97.